The van der Waals surface area contributed by atoms with Crippen molar-refractivity contribution in [3.05, 3.63) is 58.8 Å². The van der Waals surface area contributed by atoms with E-state index in [0.717, 1.165) is 10.0 Å². The van der Waals surface area contributed by atoms with Gasteiger partial charge in [-0.1, -0.05) is 18.2 Å². The number of benzene rings is 1. The van der Waals surface area contributed by atoms with Gasteiger partial charge < -0.3 is 10.1 Å². The number of nitrogens with one attached hydrogen (secondary N) is 1. The van der Waals surface area contributed by atoms with Crippen LogP contribution in [0.15, 0.2) is 53.3 Å². The first-order valence-corrected chi connectivity index (χ1v) is 7.48. The van der Waals surface area contributed by atoms with Crippen molar-refractivity contribution in [3.63, 3.8) is 0 Å². The zero-order chi connectivity index (χ0) is 15.2. The van der Waals surface area contributed by atoms with Crippen LogP contribution < -0.4 is 10.1 Å². The van der Waals surface area contributed by atoms with Gasteiger partial charge in [-0.3, -0.25) is 9.78 Å². The Morgan fingerprint density at radius 1 is 1.24 bits per heavy atom. The van der Waals surface area contributed by atoms with E-state index in [1.165, 1.54) is 0 Å². The van der Waals surface area contributed by atoms with Crippen molar-refractivity contribution in [2.45, 2.75) is 26.0 Å². The van der Waals surface area contributed by atoms with Crippen LogP contribution in [0.25, 0.3) is 0 Å². The molecule has 21 heavy (non-hydrogen) atoms. The van der Waals surface area contributed by atoms with Crippen LogP contribution in [-0.2, 0) is 4.79 Å². The number of halogens is 1. The van der Waals surface area contributed by atoms with Crippen LogP contribution >= 0.6 is 15.9 Å². The fraction of sp³-hybridized carbons (Fsp3) is 0.250. The molecule has 0 aliphatic heterocycles. The van der Waals surface area contributed by atoms with Gasteiger partial charge in [0.05, 0.1) is 10.5 Å². The van der Waals surface area contributed by atoms with Gasteiger partial charge in [0.25, 0.3) is 5.91 Å². The summed E-state index contributed by atoms with van der Waals surface area (Å²) in [5.74, 6) is 0.483. The van der Waals surface area contributed by atoms with E-state index in [4.69, 9.17) is 4.74 Å². The number of nitrogens with zero attached hydrogens (tertiary/aromatic N) is 1. The predicted octanol–water partition coefficient (Wildman–Crippen LogP) is 3.49. The van der Waals surface area contributed by atoms with E-state index in [1.807, 2.05) is 43.3 Å². The first-order valence-electron chi connectivity index (χ1n) is 6.69. The number of amides is 1. The lowest BCUT2D eigenvalue weighted by Gasteiger charge is -2.19. The summed E-state index contributed by atoms with van der Waals surface area (Å²) in [5.41, 5.74) is 0.957. The maximum Gasteiger partial charge on any atom is 0.261 e. The van der Waals surface area contributed by atoms with E-state index >= 15 is 0 Å². The summed E-state index contributed by atoms with van der Waals surface area (Å²) in [7, 11) is 0. The monoisotopic (exact) mass is 348 g/mol. The SMILES string of the molecule is C[C@H](NC(=O)[C@@H](C)Oc1ccccc1Br)c1cccnc1. The maximum atomic E-state index is 12.2. The molecule has 1 amide bonds. The Morgan fingerprint density at radius 3 is 2.67 bits per heavy atom. The number of hydrogen-bond acceptors (Lipinski definition) is 3. The second kappa shape index (κ2) is 7.22. The summed E-state index contributed by atoms with van der Waals surface area (Å²) in [5, 5.41) is 2.92. The number of para-hydroxylation sites is 1. The molecular formula is C16H17BrN2O2. The largest absolute Gasteiger partial charge is 0.480 e. The molecule has 0 spiro atoms. The van der Waals surface area contributed by atoms with E-state index in [-0.39, 0.29) is 11.9 Å². The van der Waals surface area contributed by atoms with E-state index < -0.39 is 6.10 Å². The van der Waals surface area contributed by atoms with Crippen molar-refractivity contribution in [2.24, 2.45) is 0 Å². The number of aromatic nitrogens is 1. The second-order valence-corrected chi connectivity index (χ2v) is 5.56. The Bertz CT molecular complexity index is 604. The summed E-state index contributed by atoms with van der Waals surface area (Å²) >= 11 is 3.40. The molecule has 2 rings (SSSR count). The van der Waals surface area contributed by atoms with Gasteiger partial charge in [-0.05, 0) is 53.5 Å². The molecule has 0 saturated heterocycles. The molecule has 0 saturated carbocycles. The third-order valence-electron chi connectivity index (χ3n) is 3.05. The van der Waals surface area contributed by atoms with E-state index in [2.05, 4.69) is 26.2 Å². The molecule has 110 valence electrons. The zero-order valence-electron chi connectivity index (χ0n) is 11.9. The van der Waals surface area contributed by atoms with Gasteiger partial charge in [0.1, 0.15) is 5.75 Å². The fourth-order valence-corrected chi connectivity index (χ4v) is 2.21. The topological polar surface area (TPSA) is 51.2 Å². The minimum absolute atomic E-state index is 0.114. The summed E-state index contributed by atoms with van der Waals surface area (Å²) in [4.78, 5) is 16.2. The number of carbonyl (C=O) groups excluding carboxylic acids is 1. The third kappa shape index (κ3) is 4.29. The number of pyridine rings is 1. The lowest BCUT2D eigenvalue weighted by molar-refractivity contribution is -0.127. The minimum Gasteiger partial charge on any atom is -0.480 e. The highest BCUT2D eigenvalue weighted by Gasteiger charge is 2.18. The number of hydrogen-bond donors (Lipinski definition) is 1. The highest BCUT2D eigenvalue weighted by atomic mass is 79.9. The Kier molecular flexibility index (Phi) is 5.33. The Hall–Kier alpha value is -1.88. The van der Waals surface area contributed by atoms with Crippen LogP contribution in [0.5, 0.6) is 5.75 Å². The van der Waals surface area contributed by atoms with Crippen LogP contribution in [0.1, 0.15) is 25.5 Å². The number of ether oxygens (including phenoxy) is 1. The van der Waals surface area contributed by atoms with Gasteiger partial charge in [0.2, 0.25) is 0 Å². The average molecular weight is 349 g/mol. The fourth-order valence-electron chi connectivity index (χ4n) is 1.83. The molecule has 0 bridgehead atoms. The van der Waals surface area contributed by atoms with Gasteiger partial charge in [-0.2, -0.15) is 0 Å². The zero-order valence-corrected chi connectivity index (χ0v) is 13.5. The lowest BCUT2D eigenvalue weighted by atomic mass is 10.1. The number of carbonyl (C=O) groups is 1. The summed E-state index contributed by atoms with van der Waals surface area (Å²) in [6, 6.07) is 11.1. The van der Waals surface area contributed by atoms with Crippen LogP contribution in [-0.4, -0.2) is 17.0 Å². The van der Waals surface area contributed by atoms with Gasteiger partial charge in [-0.15, -0.1) is 0 Å². The Labute approximate surface area is 132 Å². The molecule has 1 aromatic heterocycles. The highest BCUT2D eigenvalue weighted by Crippen LogP contribution is 2.25. The molecule has 2 aromatic rings. The first kappa shape index (κ1) is 15.5. The first-order chi connectivity index (χ1) is 10.1. The van der Waals surface area contributed by atoms with Crippen LogP contribution in [0.4, 0.5) is 0 Å². The molecule has 1 N–H and O–H groups in total. The molecule has 0 aliphatic carbocycles. The lowest BCUT2D eigenvalue weighted by Crippen LogP contribution is -2.37. The van der Waals surface area contributed by atoms with Crippen molar-refractivity contribution < 1.29 is 9.53 Å². The quantitative estimate of drug-likeness (QED) is 0.899. The smallest absolute Gasteiger partial charge is 0.261 e. The molecule has 2 atom stereocenters. The summed E-state index contributed by atoms with van der Waals surface area (Å²) in [6.07, 6.45) is 2.86. The van der Waals surface area contributed by atoms with Crippen molar-refractivity contribution in [2.75, 3.05) is 0 Å². The molecule has 1 heterocycles. The second-order valence-electron chi connectivity index (χ2n) is 4.71. The molecule has 0 radical (unpaired) electrons. The summed E-state index contributed by atoms with van der Waals surface area (Å²) < 4.78 is 6.49. The Morgan fingerprint density at radius 2 is 2.00 bits per heavy atom. The summed E-state index contributed by atoms with van der Waals surface area (Å²) in [6.45, 7) is 3.64. The van der Waals surface area contributed by atoms with E-state index in [1.54, 1.807) is 19.3 Å². The molecule has 0 aliphatic rings. The van der Waals surface area contributed by atoms with Gasteiger partial charge in [0.15, 0.2) is 6.10 Å². The molecule has 4 nitrogen and oxygen atoms in total. The predicted molar refractivity (Wildman–Crippen MR) is 85.0 cm³/mol. The molecule has 1 aromatic carbocycles. The van der Waals surface area contributed by atoms with E-state index in [9.17, 15) is 4.79 Å². The van der Waals surface area contributed by atoms with Crippen LogP contribution in [0, 0.1) is 0 Å². The molecule has 0 unspecified atom stereocenters. The van der Waals surface area contributed by atoms with Crippen LogP contribution in [0.3, 0.4) is 0 Å². The maximum absolute atomic E-state index is 12.2. The normalized spacial score (nSPS) is 13.3. The highest BCUT2D eigenvalue weighted by molar-refractivity contribution is 9.10. The van der Waals surface area contributed by atoms with Crippen LogP contribution in [0.2, 0.25) is 0 Å². The Balaban J connectivity index is 1.95. The molecular weight excluding hydrogens is 332 g/mol. The van der Waals surface area contributed by atoms with Gasteiger partial charge >= 0.3 is 0 Å². The van der Waals surface area contributed by atoms with E-state index in [0.29, 0.717) is 5.75 Å². The number of rotatable bonds is 5. The van der Waals surface area contributed by atoms with Crippen molar-refractivity contribution >= 4 is 21.8 Å². The van der Waals surface area contributed by atoms with Gasteiger partial charge in [-0.25, -0.2) is 0 Å². The van der Waals surface area contributed by atoms with Crippen molar-refractivity contribution in [3.8, 4) is 5.75 Å². The third-order valence-corrected chi connectivity index (χ3v) is 3.71. The van der Waals surface area contributed by atoms with Gasteiger partial charge in [0, 0.05) is 12.4 Å². The average Bonchev–Trinajstić information content (AvgIpc) is 2.50. The minimum atomic E-state index is -0.581. The van der Waals surface area contributed by atoms with Crippen molar-refractivity contribution in [1.29, 1.82) is 0 Å². The standard InChI is InChI=1S/C16H17BrN2O2/c1-11(13-6-5-9-18-10-13)19-16(20)12(2)21-15-8-4-3-7-14(15)17/h3-12H,1-2H3,(H,19,20)/t11-,12+/m0/s1. The van der Waals surface area contributed by atoms with Crippen molar-refractivity contribution in [1.82, 2.24) is 10.3 Å². The molecule has 5 heteroatoms. The molecule has 0 fully saturated rings.